The van der Waals surface area contributed by atoms with Gasteiger partial charge in [-0.2, -0.15) is 19.9 Å². The Hall–Kier alpha value is -4.72. The number of carbonyl (C=O) groups excluding carboxylic acids is 1. The Morgan fingerprint density at radius 1 is 1.18 bits per heavy atom. The lowest BCUT2D eigenvalue weighted by Crippen LogP contribution is -2.64. The number of likely N-dealkylation sites (tertiary alicyclic amines) is 1. The van der Waals surface area contributed by atoms with Crippen LogP contribution in [0.2, 0.25) is 5.02 Å². The summed E-state index contributed by atoms with van der Waals surface area (Å²) in [6.45, 7) is 8.38. The Morgan fingerprint density at radius 3 is 2.71 bits per heavy atom. The maximum absolute atomic E-state index is 17.2. The molecule has 2 aromatic carbocycles. The highest BCUT2D eigenvalue weighted by Gasteiger charge is 2.53. The first-order chi connectivity index (χ1) is 26.3. The molecule has 3 atom stereocenters. The van der Waals surface area contributed by atoms with Gasteiger partial charge < -0.3 is 20.3 Å². The number of rotatable bonds is 6. The first-order valence-corrected chi connectivity index (χ1v) is 19.7. The summed E-state index contributed by atoms with van der Waals surface area (Å²) in [7, 11) is 0. The molecule has 286 valence electrons. The fourth-order valence-electron chi connectivity index (χ4n) is 9.12. The van der Waals surface area contributed by atoms with E-state index in [2.05, 4.69) is 20.0 Å². The van der Waals surface area contributed by atoms with E-state index < -0.39 is 28.9 Å². The molecule has 9 rings (SSSR count). The number of carbonyl (C=O) groups is 1. The van der Waals surface area contributed by atoms with Gasteiger partial charge >= 0.3 is 12.0 Å². The van der Waals surface area contributed by atoms with E-state index in [-0.39, 0.29) is 66.9 Å². The maximum atomic E-state index is 17.2. The number of hydrogen-bond donors (Lipinski definition) is 1. The fraction of sp³-hybridized carbons (Fsp3) is 0.474. The molecular weight excluding hydrogens is 753 g/mol. The molecule has 1 spiro atoms. The Balaban J connectivity index is 1.13. The standard InChI is InChI=1S/C38H38ClF3N10O2S/c1-19(2)33-45-20(3)52(48-33)36(53)51-12-9-37(51)8-11-49(17-37)34-23-13-25(39)28(22-5-6-26(41)31-27(22)24(15-43)32(44)55-31)29(42)30(23)46-35(47-34)54-18-38-7-4-10-50(38)16-21(40)14-38/h5-6,13,19,21H,4,7-12,14,16-18,44H2,1-3H3/t21-,37?,38+/m1/s1. The van der Waals surface area contributed by atoms with Crippen molar-refractivity contribution in [1.29, 1.82) is 5.26 Å². The van der Waals surface area contributed by atoms with Crippen molar-refractivity contribution >= 4 is 60.8 Å². The van der Waals surface area contributed by atoms with Crippen molar-refractivity contribution < 1.29 is 22.7 Å². The molecule has 4 fully saturated rings. The topological polar surface area (TPSA) is 142 Å². The van der Waals surface area contributed by atoms with Gasteiger partial charge in [0.1, 0.15) is 46.8 Å². The van der Waals surface area contributed by atoms with E-state index in [0.717, 1.165) is 37.1 Å². The van der Waals surface area contributed by atoms with Crippen LogP contribution in [0.25, 0.3) is 32.1 Å². The summed E-state index contributed by atoms with van der Waals surface area (Å²) in [4.78, 5) is 33.8. The number of thiophene rings is 1. The normalized spacial score (nSPS) is 23.7. The number of amides is 1. The highest BCUT2D eigenvalue weighted by molar-refractivity contribution is 7.23. The van der Waals surface area contributed by atoms with Crippen molar-refractivity contribution in [3.63, 3.8) is 0 Å². The van der Waals surface area contributed by atoms with Crippen LogP contribution in [-0.4, -0.2) is 97.1 Å². The van der Waals surface area contributed by atoms with E-state index in [4.69, 9.17) is 27.1 Å². The molecule has 1 unspecified atom stereocenters. The third-order valence-corrected chi connectivity index (χ3v) is 13.3. The van der Waals surface area contributed by atoms with Gasteiger partial charge in [-0.25, -0.2) is 22.9 Å². The molecule has 2 N–H and O–H groups in total. The molecule has 0 radical (unpaired) electrons. The zero-order chi connectivity index (χ0) is 38.6. The third kappa shape index (κ3) is 5.52. The van der Waals surface area contributed by atoms with Crippen LogP contribution < -0.4 is 15.4 Å². The number of nitrogens with zero attached hydrogens (tertiary/aromatic N) is 9. The molecule has 0 saturated carbocycles. The van der Waals surface area contributed by atoms with Crippen molar-refractivity contribution in [3.05, 3.63) is 52.1 Å². The number of alkyl halides is 1. The first kappa shape index (κ1) is 35.9. The Bertz CT molecular complexity index is 2470. The number of benzene rings is 2. The first-order valence-electron chi connectivity index (χ1n) is 18.5. The maximum Gasteiger partial charge on any atom is 0.346 e. The molecule has 5 aromatic rings. The van der Waals surface area contributed by atoms with Crippen molar-refractivity contribution in [3.8, 4) is 23.2 Å². The SMILES string of the molecule is Cc1nc(C(C)C)nn1C(=O)N1CCC12CCN(c1nc(OC[C@@]34CCCN3C[C@H](F)C4)nc3c(F)c(-c4ccc(F)c5sc(N)c(C#N)c45)c(Cl)cc13)C2. The third-order valence-electron chi connectivity index (χ3n) is 12.0. The molecule has 4 aliphatic heterocycles. The molecule has 17 heteroatoms. The Morgan fingerprint density at radius 2 is 1.98 bits per heavy atom. The van der Waals surface area contributed by atoms with Gasteiger partial charge in [-0.1, -0.05) is 31.5 Å². The molecule has 55 heavy (non-hydrogen) atoms. The Labute approximate surface area is 323 Å². The molecule has 0 bridgehead atoms. The van der Waals surface area contributed by atoms with Crippen LogP contribution >= 0.6 is 22.9 Å². The van der Waals surface area contributed by atoms with Crippen LogP contribution in [-0.2, 0) is 0 Å². The highest BCUT2D eigenvalue weighted by Crippen LogP contribution is 2.48. The minimum atomic E-state index is -0.969. The van der Waals surface area contributed by atoms with Crippen LogP contribution in [0.1, 0.15) is 69.1 Å². The minimum absolute atomic E-state index is 0.00231. The van der Waals surface area contributed by atoms with Crippen LogP contribution in [0.15, 0.2) is 18.2 Å². The molecule has 12 nitrogen and oxygen atoms in total. The smallest absolute Gasteiger partial charge is 0.346 e. The summed E-state index contributed by atoms with van der Waals surface area (Å²) in [5.74, 6) is 0.147. The summed E-state index contributed by atoms with van der Waals surface area (Å²) in [5.41, 5.74) is 5.14. The second-order valence-corrected chi connectivity index (χ2v) is 17.0. The summed E-state index contributed by atoms with van der Waals surface area (Å²) < 4.78 is 54.7. The van der Waals surface area contributed by atoms with E-state index in [9.17, 15) is 14.4 Å². The van der Waals surface area contributed by atoms with Crippen molar-refractivity contribution in [1.82, 2.24) is 34.5 Å². The number of halogens is 4. The molecule has 4 saturated heterocycles. The van der Waals surface area contributed by atoms with Gasteiger partial charge in [0.25, 0.3) is 0 Å². The van der Waals surface area contributed by atoms with E-state index >= 15 is 8.78 Å². The number of hydrogen-bond acceptors (Lipinski definition) is 11. The predicted octanol–water partition coefficient (Wildman–Crippen LogP) is 7.20. The average molecular weight is 791 g/mol. The lowest BCUT2D eigenvalue weighted by atomic mass is 9.84. The molecule has 0 aliphatic carbocycles. The number of anilines is 2. The zero-order valence-electron chi connectivity index (χ0n) is 30.5. The average Bonchev–Trinajstić information content (AvgIpc) is 3.96. The van der Waals surface area contributed by atoms with Crippen LogP contribution in [0.5, 0.6) is 6.01 Å². The van der Waals surface area contributed by atoms with Gasteiger partial charge in [-0.3, -0.25) is 4.90 Å². The van der Waals surface area contributed by atoms with Crippen LogP contribution in [0.3, 0.4) is 0 Å². The number of nitrogens with two attached hydrogens (primary N) is 1. The van der Waals surface area contributed by atoms with E-state index in [1.807, 2.05) is 29.7 Å². The molecule has 7 heterocycles. The summed E-state index contributed by atoms with van der Waals surface area (Å²) in [6, 6.07) is 5.86. The lowest BCUT2D eigenvalue weighted by molar-refractivity contribution is 0.0397. The molecule has 1 amide bonds. The monoisotopic (exact) mass is 790 g/mol. The van der Waals surface area contributed by atoms with Gasteiger partial charge in [-0.05, 0) is 56.8 Å². The minimum Gasteiger partial charge on any atom is -0.461 e. The van der Waals surface area contributed by atoms with Gasteiger partial charge in [-0.15, -0.1) is 16.4 Å². The van der Waals surface area contributed by atoms with Gasteiger partial charge in [0.05, 0.1) is 26.4 Å². The van der Waals surface area contributed by atoms with E-state index in [1.54, 1.807) is 13.0 Å². The highest BCUT2D eigenvalue weighted by atomic mass is 35.5. The molecule has 3 aromatic heterocycles. The quantitative estimate of drug-likeness (QED) is 0.188. The fourth-order valence-corrected chi connectivity index (χ4v) is 10.4. The number of nitrogen functional groups attached to an aromatic ring is 1. The zero-order valence-corrected chi connectivity index (χ0v) is 32.1. The van der Waals surface area contributed by atoms with Gasteiger partial charge in [0.15, 0.2) is 11.6 Å². The number of aromatic nitrogens is 5. The van der Waals surface area contributed by atoms with E-state index in [0.29, 0.717) is 61.9 Å². The lowest BCUT2D eigenvalue weighted by Gasteiger charge is -2.50. The predicted molar refractivity (Wildman–Crippen MR) is 203 cm³/mol. The van der Waals surface area contributed by atoms with Gasteiger partial charge in [0.2, 0.25) is 0 Å². The number of fused-ring (bicyclic) bond motifs is 3. The number of ether oxygens (including phenoxy) is 1. The summed E-state index contributed by atoms with van der Waals surface area (Å²) >= 11 is 7.84. The second-order valence-electron chi connectivity index (χ2n) is 15.6. The van der Waals surface area contributed by atoms with Crippen LogP contribution in [0.4, 0.5) is 28.8 Å². The van der Waals surface area contributed by atoms with Crippen molar-refractivity contribution in [2.75, 3.05) is 50.0 Å². The second kappa shape index (κ2) is 12.9. The summed E-state index contributed by atoms with van der Waals surface area (Å²) in [6.07, 6.45) is 2.41. The number of nitriles is 1. The largest absolute Gasteiger partial charge is 0.461 e. The molecule has 4 aliphatic rings. The molecular formula is C38H38ClF3N10O2S. The van der Waals surface area contributed by atoms with Gasteiger partial charge in [0, 0.05) is 54.9 Å². The van der Waals surface area contributed by atoms with Crippen molar-refractivity contribution in [2.24, 2.45) is 0 Å². The summed E-state index contributed by atoms with van der Waals surface area (Å²) in [5, 5.41) is 15.0. The van der Waals surface area contributed by atoms with Crippen molar-refractivity contribution in [2.45, 2.75) is 76.0 Å². The van der Waals surface area contributed by atoms with Crippen LogP contribution in [0, 0.1) is 29.9 Å². The Kier molecular flexibility index (Phi) is 8.45. The van der Waals surface area contributed by atoms with E-state index in [1.165, 1.54) is 16.8 Å². The number of aryl methyl sites for hydroxylation is 1.